The van der Waals surface area contributed by atoms with E-state index in [0.29, 0.717) is 25.4 Å². The third-order valence-electron chi connectivity index (χ3n) is 3.93. The Morgan fingerprint density at radius 3 is 2.64 bits per heavy atom. The van der Waals surface area contributed by atoms with Crippen molar-refractivity contribution in [2.24, 2.45) is 0 Å². The predicted octanol–water partition coefficient (Wildman–Crippen LogP) is 2.91. The van der Waals surface area contributed by atoms with E-state index < -0.39 is 0 Å². The van der Waals surface area contributed by atoms with E-state index in [1.54, 1.807) is 31.8 Å². The first kappa shape index (κ1) is 19.2. The second kappa shape index (κ2) is 9.91. The van der Waals surface area contributed by atoms with Gasteiger partial charge in [0, 0.05) is 30.8 Å². The van der Waals surface area contributed by atoms with E-state index in [9.17, 15) is 4.79 Å². The highest BCUT2D eigenvalue weighted by Crippen LogP contribution is 2.16. The van der Waals surface area contributed by atoms with Gasteiger partial charge in [-0.05, 0) is 48.0 Å². The molecule has 2 N–H and O–H groups in total. The Balaban J connectivity index is 1.44. The fourth-order valence-corrected chi connectivity index (χ4v) is 2.47. The summed E-state index contributed by atoms with van der Waals surface area (Å²) in [5.41, 5.74) is 2.22. The van der Waals surface area contributed by atoms with Crippen LogP contribution < -0.4 is 20.1 Å². The Hall–Kier alpha value is -3.61. The summed E-state index contributed by atoms with van der Waals surface area (Å²) in [6.07, 6.45) is 5.13. The van der Waals surface area contributed by atoms with Crippen molar-refractivity contribution in [2.45, 2.75) is 6.54 Å². The molecule has 0 saturated carbocycles. The van der Waals surface area contributed by atoms with Crippen molar-refractivity contribution in [3.05, 3.63) is 78.4 Å². The van der Waals surface area contributed by atoms with Gasteiger partial charge in [-0.1, -0.05) is 6.07 Å². The molecule has 144 valence electrons. The zero-order valence-electron chi connectivity index (χ0n) is 15.6. The molecule has 1 amide bonds. The number of carbonyl (C=O) groups is 1. The fourth-order valence-electron chi connectivity index (χ4n) is 2.47. The van der Waals surface area contributed by atoms with Crippen molar-refractivity contribution in [2.75, 3.05) is 25.6 Å². The largest absolute Gasteiger partial charge is 0.497 e. The van der Waals surface area contributed by atoms with Crippen LogP contribution in [0.25, 0.3) is 0 Å². The maximum Gasteiger partial charge on any atom is 0.270 e. The number of anilines is 1. The van der Waals surface area contributed by atoms with E-state index in [0.717, 1.165) is 22.7 Å². The Morgan fingerprint density at radius 1 is 1.07 bits per heavy atom. The summed E-state index contributed by atoms with van der Waals surface area (Å²) < 4.78 is 10.7. The summed E-state index contributed by atoms with van der Waals surface area (Å²) in [6, 6.07) is 14.7. The first-order valence-corrected chi connectivity index (χ1v) is 8.88. The molecule has 2 aromatic heterocycles. The van der Waals surface area contributed by atoms with E-state index in [-0.39, 0.29) is 5.91 Å². The molecule has 2 heterocycles. The lowest BCUT2D eigenvalue weighted by Crippen LogP contribution is -2.28. The fraction of sp³-hybridized carbons (Fsp3) is 0.190. The number of hydrogen-bond donors (Lipinski definition) is 2. The van der Waals surface area contributed by atoms with Gasteiger partial charge in [0.1, 0.15) is 23.8 Å². The van der Waals surface area contributed by atoms with Gasteiger partial charge in [-0.25, -0.2) is 0 Å². The molecule has 0 bridgehead atoms. The van der Waals surface area contributed by atoms with Crippen LogP contribution in [0, 0.1) is 0 Å². The minimum atomic E-state index is -0.247. The molecule has 0 aliphatic heterocycles. The minimum Gasteiger partial charge on any atom is -0.497 e. The molecule has 0 spiro atoms. The van der Waals surface area contributed by atoms with Gasteiger partial charge in [-0.15, -0.1) is 0 Å². The van der Waals surface area contributed by atoms with E-state index in [1.165, 1.54) is 0 Å². The summed E-state index contributed by atoms with van der Waals surface area (Å²) in [5.74, 6) is 1.24. The van der Waals surface area contributed by atoms with Crippen LogP contribution in [0.2, 0.25) is 0 Å². The molecule has 0 saturated heterocycles. The number of rotatable bonds is 9. The second-order valence-corrected chi connectivity index (χ2v) is 5.92. The van der Waals surface area contributed by atoms with Gasteiger partial charge in [0.15, 0.2) is 0 Å². The number of hydrogen-bond acceptors (Lipinski definition) is 6. The number of benzene rings is 1. The number of ether oxygens (including phenoxy) is 2. The quantitative estimate of drug-likeness (QED) is 0.557. The third kappa shape index (κ3) is 5.70. The SMILES string of the molecule is COc1ccc(OCCNC(=O)c2cc(NCc3cccnc3)ccn2)cc1. The molecule has 3 aromatic rings. The van der Waals surface area contributed by atoms with E-state index >= 15 is 0 Å². The number of methoxy groups -OCH3 is 1. The van der Waals surface area contributed by atoms with Gasteiger partial charge >= 0.3 is 0 Å². The molecule has 0 atom stereocenters. The van der Waals surface area contributed by atoms with Gasteiger partial charge in [0.05, 0.1) is 13.7 Å². The second-order valence-electron chi connectivity index (χ2n) is 5.92. The van der Waals surface area contributed by atoms with Crippen LogP contribution in [0.15, 0.2) is 67.1 Å². The topological polar surface area (TPSA) is 85.4 Å². The first-order valence-electron chi connectivity index (χ1n) is 8.88. The van der Waals surface area contributed by atoms with E-state index in [4.69, 9.17) is 9.47 Å². The maximum atomic E-state index is 12.3. The van der Waals surface area contributed by atoms with E-state index in [2.05, 4.69) is 20.6 Å². The normalized spacial score (nSPS) is 10.2. The highest BCUT2D eigenvalue weighted by atomic mass is 16.5. The maximum absolute atomic E-state index is 12.3. The average molecular weight is 378 g/mol. The molecule has 0 unspecified atom stereocenters. The zero-order chi connectivity index (χ0) is 19.6. The van der Waals surface area contributed by atoms with Gasteiger partial charge in [0.25, 0.3) is 5.91 Å². The summed E-state index contributed by atoms with van der Waals surface area (Å²) in [7, 11) is 1.61. The predicted molar refractivity (Wildman–Crippen MR) is 107 cm³/mol. The monoisotopic (exact) mass is 378 g/mol. The van der Waals surface area contributed by atoms with Crippen molar-refractivity contribution in [3.63, 3.8) is 0 Å². The molecular formula is C21H22N4O3. The molecule has 7 nitrogen and oxygen atoms in total. The van der Waals surface area contributed by atoms with Gasteiger partial charge in [0.2, 0.25) is 0 Å². The van der Waals surface area contributed by atoms with Crippen molar-refractivity contribution < 1.29 is 14.3 Å². The standard InChI is InChI=1S/C21H22N4O3/c1-27-18-4-6-19(7-5-18)28-12-11-24-21(26)20-13-17(8-10-23-20)25-15-16-3-2-9-22-14-16/h2-10,13-14H,11-12,15H2,1H3,(H,23,25)(H,24,26). The molecule has 0 aliphatic rings. The first-order chi connectivity index (χ1) is 13.7. The van der Waals surface area contributed by atoms with Crippen molar-refractivity contribution in [3.8, 4) is 11.5 Å². The molecule has 1 aromatic carbocycles. The van der Waals surface area contributed by atoms with Crippen LogP contribution in [0.1, 0.15) is 16.1 Å². The number of carbonyl (C=O) groups excluding carboxylic acids is 1. The van der Waals surface area contributed by atoms with Crippen LogP contribution in [-0.4, -0.2) is 36.1 Å². The smallest absolute Gasteiger partial charge is 0.270 e. The van der Waals surface area contributed by atoms with Crippen LogP contribution >= 0.6 is 0 Å². The molecule has 0 radical (unpaired) electrons. The molecule has 3 rings (SSSR count). The highest BCUT2D eigenvalue weighted by Gasteiger charge is 2.07. The molecule has 0 aliphatic carbocycles. The van der Waals surface area contributed by atoms with Crippen molar-refractivity contribution in [1.82, 2.24) is 15.3 Å². The van der Waals surface area contributed by atoms with E-state index in [1.807, 2.05) is 42.5 Å². The number of aromatic nitrogens is 2. The number of pyridine rings is 2. The summed E-state index contributed by atoms with van der Waals surface area (Å²) >= 11 is 0. The zero-order valence-corrected chi connectivity index (χ0v) is 15.6. The van der Waals surface area contributed by atoms with Gasteiger partial charge < -0.3 is 20.1 Å². The van der Waals surface area contributed by atoms with Crippen LogP contribution in [0.5, 0.6) is 11.5 Å². The Morgan fingerprint density at radius 2 is 1.89 bits per heavy atom. The lowest BCUT2D eigenvalue weighted by molar-refractivity contribution is 0.0942. The molecule has 7 heteroatoms. The van der Waals surface area contributed by atoms with Crippen LogP contribution in [-0.2, 0) is 6.54 Å². The number of nitrogens with zero attached hydrogens (tertiary/aromatic N) is 2. The molecule has 28 heavy (non-hydrogen) atoms. The highest BCUT2D eigenvalue weighted by molar-refractivity contribution is 5.93. The average Bonchev–Trinajstić information content (AvgIpc) is 2.76. The van der Waals surface area contributed by atoms with Crippen molar-refractivity contribution >= 4 is 11.6 Å². The Bertz CT molecular complexity index is 886. The number of nitrogens with one attached hydrogen (secondary N) is 2. The third-order valence-corrected chi connectivity index (χ3v) is 3.93. The lowest BCUT2D eigenvalue weighted by Gasteiger charge is -2.09. The van der Waals surface area contributed by atoms with Crippen LogP contribution in [0.3, 0.4) is 0 Å². The minimum absolute atomic E-state index is 0.247. The summed E-state index contributed by atoms with van der Waals surface area (Å²) in [4.78, 5) is 20.5. The summed E-state index contributed by atoms with van der Waals surface area (Å²) in [5, 5.41) is 6.06. The van der Waals surface area contributed by atoms with Crippen LogP contribution in [0.4, 0.5) is 5.69 Å². The molecular weight excluding hydrogens is 356 g/mol. The Kier molecular flexibility index (Phi) is 6.78. The van der Waals surface area contributed by atoms with Gasteiger partial charge in [-0.2, -0.15) is 0 Å². The lowest BCUT2D eigenvalue weighted by atomic mass is 10.2. The Labute approximate surface area is 163 Å². The van der Waals surface area contributed by atoms with Crippen molar-refractivity contribution in [1.29, 1.82) is 0 Å². The summed E-state index contributed by atoms with van der Waals surface area (Å²) in [6.45, 7) is 1.35. The van der Waals surface area contributed by atoms with Gasteiger partial charge in [-0.3, -0.25) is 14.8 Å². The molecule has 0 fully saturated rings. The number of amides is 1.